The first-order valence-corrected chi connectivity index (χ1v) is 10.4. The third kappa shape index (κ3) is 4.19. The van der Waals surface area contributed by atoms with Crippen LogP contribution in [0.1, 0.15) is 37.3 Å². The number of para-hydroxylation sites is 2. The van der Waals surface area contributed by atoms with Crippen LogP contribution in [0.4, 0.5) is 0 Å². The summed E-state index contributed by atoms with van der Waals surface area (Å²) in [6.07, 6.45) is 0.922. The second kappa shape index (κ2) is 8.52. The molecule has 0 unspecified atom stereocenters. The zero-order valence-electron chi connectivity index (χ0n) is 17.4. The largest absolute Gasteiger partial charge is 0.494 e. The van der Waals surface area contributed by atoms with E-state index in [-0.39, 0.29) is 0 Å². The molecule has 4 rings (SSSR count). The number of fused-ring (bicyclic) bond motifs is 1. The van der Waals surface area contributed by atoms with E-state index in [0.717, 1.165) is 30.1 Å². The van der Waals surface area contributed by atoms with Crippen molar-refractivity contribution in [3.8, 4) is 17.1 Å². The molecule has 0 spiro atoms. The van der Waals surface area contributed by atoms with Crippen molar-refractivity contribution in [2.45, 2.75) is 39.7 Å². The Morgan fingerprint density at radius 3 is 2.38 bits per heavy atom. The van der Waals surface area contributed by atoms with E-state index in [1.54, 1.807) is 0 Å². The Morgan fingerprint density at radius 2 is 1.62 bits per heavy atom. The number of hydrogen-bond donors (Lipinski definition) is 0. The Balaban J connectivity index is 1.50. The third-order valence-corrected chi connectivity index (χ3v) is 5.38. The van der Waals surface area contributed by atoms with Gasteiger partial charge in [0.15, 0.2) is 0 Å². The molecule has 0 fully saturated rings. The summed E-state index contributed by atoms with van der Waals surface area (Å²) in [4.78, 5) is 4.93. The van der Waals surface area contributed by atoms with E-state index in [4.69, 9.17) is 9.72 Å². The average molecular weight is 385 g/mol. The van der Waals surface area contributed by atoms with Gasteiger partial charge >= 0.3 is 0 Å². The number of hydrogen-bond acceptors (Lipinski definition) is 2. The minimum absolute atomic E-state index is 0.540. The Kier molecular flexibility index (Phi) is 5.66. The van der Waals surface area contributed by atoms with Crippen molar-refractivity contribution < 1.29 is 4.74 Å². The van der Waals surface area contributed by atoms with Gasteiger partial charge in [-0.15, -0.1) is 0 Å². The lowest BCUT2D eigenvalue weighted by atomic mass is 10.0. The predicted octanol–water partition coefficient (Wildman–Crippen LogP) is 6.60. The zero-order chi connectivity index (χ0) is 20.2. The van der Waals surface area contributed by atoms with Gasteiger partial charge in [-0.05, 0) is 54.7 Å². The topological polar surface area (TPSA) is 27.1 Å². The number of aryl methyl sites for hydroxylation is 2. The van der Waals surface area contributed by atoms with Crippen LogP contribution in [0.5, 0.6) is 5.75 Å². The summed E-state index contributed by atoms with van der Waals surface area (Å²) >= 11 is 0. The molecule has 0 N–H and O–H groups in total. The molecule has 1 heterocycles. The smallest absolute Gasteiger partial charge is 0.141 e. The zero-order valence-corrected chi connectivity index (χ0v) is 17.4. The van der Waals surface area contributed by atoms with Crippen molar-refractivity contribution in [2.24, 2.45) is 0 Å². The van der Waals surface area contributed by atoms with Gasteiger partial charge in [-0.2, -0.15) is 0 Å². The number of ether oxygens (including phenoxy) is 1. The van der Waals surface area contributed by atoms with Crippen LogP contribution in [0.2, 0.25) is 0 Å². The SMILES string of the molecule is Cc1ccccc1-c1nc2ccccc2n1CCCOc1ccc(C(C)C)cc1. The first-order chi connectivity index (χ1) is 14.1. The van der Waals surface area contributed by atoms with Crippen LogP contribution in [0, 0.1) is 6.92 Å². The van der Waals surface area contributed by atoms with Gasteiger partial charge in [0.25, 0.3) is 0 Å². The molecule has 148 valence electrons. The molecule has 3 heteroatoms. The van der Waals surface area contributed by atoms with E-state index in [1.165, 1.54) is 22.2 Å². The monoisotopic (exact) mass is 384 g/mol. The van der Waals surface area contributed by atoms with E-state index in [2.05, 4.69) is 92.1 Å². The summed E-state index contributed by atoms with van der Waals surface area (Å²) in [6, 6.07) is 25.2. The van der Waals surface area contributed by atoms with E-state index >= 15 is 0 Å². The van der Waals surface area contributed by atoms with Crippen LogP contribution in [0.25, 0.3) is 22.4 Å². The first-order valence-electron chi connectivity index (χ1n) is 10.4. The molecule has 0 saturated carbocycles. The van der Waals surface area contributed by atoms with Crippen LogP contribution < -0.4 is 4.74 Å². The third-order valence-electron chi connectivity index (χ3n) is 5.38. The molecule has 4 aromatic rings. The maximum atomic E-state index is 5.99. The van der Waals surface area contributed by atoms with Gasteiger partial charge in [0.1, 0.15) is 11.6 Å². The number of nitrogens with zero attached hydrogens (tertiary/aromatic N) is 2. The van der Waals surface area contributed by atoms with Crippen molar-refractivity contribution >= 4 is 11.0 Å². The quantitative estimate of drug-likeness (QED) is 0.335. The van der Waals surface area contributed by atoms with E-state index < -0.39 is 0 Å². The fraction of sp³-hybridized carbons (Fsp3) is 0.269. The summed E-state index contributed by atoms with van der Waals surface area (Å²) in [5.74, 6) is 2.51. The summed E-state index contributed by atoms with van der Waals surface area (Å²) in [5.41, 5.74) is 5.98. The van der Waals surface area contributed by atoms with Gasteiger partial charge in [0.05, 0.1) is 17.6 Å². The first kappa shape index (κ1) is 19.3. The molecule has 1 aromatic heterocycles. The molecule has 0 amide bonds. The maximum Gasteiger partial charge on any atom is 0.141 e. The summed E-state index contributed by atoms with van der Waals surface area (Å²) < 4.78 is 8.31. The van der Waals surface area contributed by atoms with Crippen molar-refractivity contribution in [3.05, 3.63) is 83.9 Å². The van der Waals surface area contributed by atoms with Crippen molar-refractivity contribution in [1.82, 2.24) is 9.55 Å². The van der Waals surface area contributed by atoms with Crippen LogP contribution in [0.3, 0.4) is 0 Å². The highest BCUT2D eigenvalue weighted by Crippen LogP contribution is 2.27. The molecule has 0 bridgehead atoms. The lowest BCUT2D eigenvalue weighted by Gasteiger charge is -2.12. The highest BCUT2D eigenvalue weighted by atomic mass is 16.5. The molecule has 0 aliphatic rings. The highest BCUT2D eigenvalue weighted by Gasteiger charge is 2.13. The van der Waals surface area contributed by atoms with Crippen molar-refractivity contribution in [2.75, 3.05) is 6.61 Å². The summed E-state index contributed by atoms with van der Waals surface area (Å²) in [7, 11) is 0. The standard InChI is InChI=1S/C26H28N2O/c1-19(2)21-13-15-22(16-14-21)29-18-8-17-28-25-12-7-6-11-24(25)27-26(28)23-10-5-4-9-20(23)3/h4-7,9-16,19H,8,17-18H2,1-3H3. The minimum Gasteiger partial charge on any atom is -0.494 e. The molecule has 0 atom stereocenters. The number of aromatic nitrogens is 2. The molecule has 0 saturated heterocycles. The molecular formula is C26H28N2O. The van der Waals surface area contributed by atoms with Gasteiger partial charge in [-0.1, -0.05) is 62.4 Å². The molecule has 0 radical (unpaired) electrons. The Morgan fingerprint density at radius 1 is 0.897 bits per heavy atom. The fourth-order valence-electron chi connectivity index (χ4n) is 3.69. The van der Waals surface area contributed by atoms with E-state index in [1.807, 2.05) is 6.07 Å². The Bertz CT molecular complexity index is 1090. The normalized spacial score (nSPS) is 11.3. The van der Waals surface area contributed by atoms with Gasteiger partial charge in [-0.25, -0.2) is 4.98 Å². The second-order valence-electron chi connectivity index (χ2n) is 7.82. The molecule has 29 heavy (non-hydrogen) atoms. The van der Waals surface area contributed by atoms with Crippen LogP contribution in [-0.2, 0) is 6.54 Å². The highest BCUT2D eigenvalue weighted by molar-refractivity contribution is 5.81. The summed E-state index contributed by atoms with van der Waals surface area (Å²) in [5, 5.41) is 0. The molecule has 0 aliphatic carbocycles. The molecule has 0 aliphatic heterocycles. The minimum atomic E-state index is 0.540. The molecule has 3 aromatic carbocycles. The van der Waals surface area contributed by atoms with Gasteiger partial charge in [0, 0.05) is 12.1 Å². The van der Waals surface area contributed by atoms with Gasteiger partial charge in [-0.3, -0.25) is 0 Å². The van der Waals surface area contributed by atoms with Crippen LogP contribution in [-0.4, -0.2) is 16.2 Å². The molecule has 3 nitrogen and oxygen atoms in total. The van der Waals surface area contributed by atoms with Crippen LogP contribution >= 0.6 is 0 Å². The van der Waals surface area contributed by atoms with Gasteiger partial charge in [0.2, 0.25) is 0 Å². The van der Waals surface area contributed by atoms with Crippen molar-refractivity contribution in [3.63, 3.8) is 0 Å². The number of rotatable bonds is 7. The fourth-order valence-corrected chi connectivity index (χ4v) is 3.69. The number of imidazole rings is 1. The summed E-state index contributed by atoms with van der Waals surface area (Å²) in [6.45, 7) is 8.10. The van der Waals surface area contributed by atoms with Gasteiger partial charge < -0.3 is 9.30 Å². The predicted molar refractivity (Wildman–Crippen MR) is 121 cm³/mol. The average Bonchev–Trinajstić information content (AvgIpc) is 3.10. The Hall–Kier alpha value is -3.07. The van der Waals surface area contributed by atoms with E-state index in [9.17, 15) is 0 Å². The second-order valence-corrected chi connectivity index (χ2v) is 7.82. The van der Waals surface area contributed by atoms with E-state index in [0.29, 0.717) is 12.5 Å². The van der Waals surface area contributed by atoms with Crippen LogP contribution in [0.15, 0.2) is 72.8 Å². The lowest BCUT2D eigenvalue weighted by molar-refractivity contribution is 0.303. The number of benzene rings is 3. The maximum absolute atomic E-state index is 5.99. The Labute approximate surface area is 173 Å². The lowest BCUT2D eigenvalue weighted by Crippen LogP contribution is -2.06. The molecular weight excluding hydrogens is 356 g/mol. The van der Waals surface area contributed by atoms with Crippen molar-refractivity contribution in [1.29, 1.82) is 0 Å².